The molecule has 0 N–H and O–H groups in total. The predicted molar refractivity (Wildman–Crippen MR) is 66.3 cm³/mol. The molecule has 0 heterocycles. The van der Waals surface area contributed by atoms with Gasteiger partial charge in [0.15, 0.2) is 0 Å². The van der Waals surface area contributed by atoms with E-state index in [0.717, 1.165) is 12.8 Å². The summed E-state index contributed by atoms with van der Waals surface area (Å²) in [7, 11) is 0. The molecular formula is C12H14Cl2O4. The third kappa shape index (κ3) is 3.18. The van der Waals surface area contributed by atoms with E-state index in [1.165, 1.54) is 0 Å². The first kappa shape index (κ1) is 13.7. The molecule has 18 heavy (non-hydrogen) atoms. The Labute approximate surface area is 115 Å². The number of alkyl halides is 2. The summed E-state index contributed by atoms with van der Waals surface area (Å²) in [6.07, 6.45) is 6.17. The maximum Gasteiger partial charge on any atom is 0.339 e. The average Bonchev–Trinajstić information content (AvgIpc) is 2.95. The van der Waals surface area contributed by atoms with E-state index in [1.807, 2.05) is 0 Å². The van der Waals surface area contributed by atoms with E-state index in [-0.39, 0.29) is 25.1 Å². The Morgan fingerprint density at radius 1 is 1.17 bits per heavy atom. The molecule has 1 fully saturated rings. The Kier molecular flexibility index (Phi) is 4.51. The van der Waals surface area contributed by atoms with E-state index in [2.05, 4.69) is 16.9 Å². The fourth-order valence-electron chi connectivity index (χ4n) is 2.51. The third-order valence-electron chi connectivity index (χ3n) is 3.33. The van der Waals surface area contributed by atoms with Crippen LogP contribution in [0.25, 0.3) is 0 Å². The predicted octanol–water partition coefficient (Wildman–Crippen LogP) is 2.09. The van der Waals surface area contributed by atoms with Gasteiger partial charge in [-0.1, -0.05) is 35.4 Å². The van der Waals surface area contributed by atoms with E-state index in [0.29, 0.717) is 11.8 Å². The van der Waals surface area contributed by atoms with Gasteiger partial charge in [0.1, 0.15) is 13.2 Å². The first-order chi connectivity index (χ1) is 8.58. The number of hydrogen-bond acceptors (Lipinski definition) is 4. The van der Waals surface area contributed by atoms with Gasteiger partial charge in [-0.2, -0.15) is 0 Å². The molecular weight excluding hydrogens is 279 g/mol. The minimum Gasteiger partial charge on any atom is -0.462 e. The fourth-order valence-corrected chi connectivity index (χ4v) is 2.63. The normalized spacial score (nSPS) is 28.7. The van der Waals surface area contributed by atoms with Gasteiger partial charge in [0.05, 0.1) is 5.92 Å². The fraction of sp³-hybridized carbons (Fsp3) is 0.667. The lowest BCUT2D eigenvalue weighted by atomic mass is 9.94. The highest BCUT2D eigenvalue weighted by Gasteiger charge is 2.40. The molecule has 2 aliphatic rings. The topological polar surface area (TPSA) is 52.6 Å². The van der Waals surface area contributed by atoms with Crippen LogP contribution in [0, 0.1) is 17.8 Å². The van der Waals surface area contributed by atoms with Crippen molar-refractivity contribution in [1.82, 2.24) is 0 Å². The highest BCUT2D eigenvalue weighted by atomic mass is 35.5. The summed E-state index contributed by atoms with van der Waals surface area (Å²) in [5.41, 5.74) is 0. The second-order valence-electron chi connectivity index (χ2n) is 4.52. The number of carbonyl (C=O) groups is 2. The van der Waals surface area contributed by atoms with Crippen LogP contribution in [0.2, 0.25) is 0 Å². The molecule has 0 aliphatic heterocycles. The lowest BCUT2D eigenvalue weighted by Gasteiger charge is -2.16. The number of ether oxygens (including phenoxy) is 2. The zero-order chi connectivity index (χ0) is 13.1. The molecule has 0 spiro atoms. The number of hydrogen-bond donors (Lipinski definition) is 0. The van der Waals surface area contributed by atoms with Crippen molar-refractivity contribution in [2.45, 2.75) is 17.7 Å². The summed E-state index contributed by atoms with van der Waals surface area (Å²) in [5.74, 6) is -0.128. The van der Waals surface area contributed by atoms with Crippen molar-refractivity contribution in [3.63, 3.8) is 0 Å². The van der Waals surface area contributed by atoms with Crippen molar-refractivity contribution in [3.05, 3.63) is 12.2 Å². The number of halogens is 2. The monoisotopic (exact) mass is 292 g/mol. The van der Waals surface area contributed by atoms with Gasteiger partial charge in [-0.3, -0.25) is 4.79 Å². The molecule has 3 unspecified atom stereocenters. The van der Waals surface area contributed by atoms with Gasteiger partial charge in [0, 0.05) is 0 Å². The molecule has 0 aromatic carbocycles. The van der Waals surface area contributed by atoms with Crippen LogP contribution < -0.4 is 0 Å². The second kappa shape index (κ2) is 5.93. The number of esters is 2. The molecule has 0 amide bonds. The quantitative estimate of drug-likeness (QED) is 0.337. The van der Waals surface area contributed by atoms with Crippen LogP contribution in [0.4, 0.5) is 0 Å². The summed E-state index contributed by atoms with van der Waals surface area (Å²) >= 11 is 10.6. The van der Waals surface area contributed by atoms with Gasteiger partial charge in [-0.25, -0.2) is 4.79 Å². The van der Waals surface area contributed by atoms with Crippen molar-refractivity contribution in [2.24, 2.45) is 17.8 Å². The zero-order valence-electron chi connectivity index (χ0n) is 9.68. The minimum absolute atomic E-state index is 0.0167. The van der Waals surface area contributed by atoms with E-state index in [9.17, 15) is 9.59 Å². The van der Waals surface area contributed by atoms with Crippen LogP contribution in [-0.4, -0.2) is 30.0 Å². The maximum absolute atomic E-state index is 11.8. The smallest absolute Gasteiger partial charge is 0.339 e. The van der Waals surface area contributed by atoms with Crippen molar-refractivity contribution in [2.75, 3.05) is 13.2 Å². The van der Waals surface area contributed by atoms with Crippen LogP contribution in [0.3, 0.4) is 0 Å². The number of allylic oxidation sites excluding steroid dienone is 2. The van der Waals surface area contributed by atoms with Gasteiger partial charge in [0.25, 0.3) is 0 Å². The molecule has 6 heteroatoms. The summed E-state index contributed by atoms with van der Waals surface area (Å²) < 4.78 is 9.76. The highest BCUT2D eigenvalue weighted by molar-refractivity contribution is 6.52. The zero-order valence-corrected chi connectivity index (χ0v) is 11.2. The molecule has 2 bridgehead atoms. The SMILES string of the molecule is O=C(OCCOC(=O)C1CC2C=CC1C2)C(Cl)Cl. The van der Waals surface area contributed by atoms with Crippen LogP contribution in [0.5, 0.6) is 0 Å². The highest BCUT2D eigenvalue weighted by Crippen LogP contribution is 2.43. The molecule has 100 valence electrons. The lowest BCUT2D eigenvalue weighted by molar-refractivity contribution is -0.155. The van der Waals surface area contributed by atoms with Crippen LogP contribution in [0.1, 0.15) is 12.8 Å². The van der Waals surface area contributed by atoms with Gasteiger partial charge < -0.3 is 9.47 Å². The molecule has 0 aromatic rings. The van der Waals surface area contributed by atoms with Crippen LogP contribution in [-0.2, 0) is 19.1 Å². The van der Waals surface area contributed by atoms with Gasteiger partial charge in [-0.05, 0) is 24.7 Å². The van der Waals surface area contributed by atoms with Crippen LogP contribution in [0.15, 0.2) is 12.2 Å². The van der Waals surface area contributed by atoms with Gasteiger partial charge in [0.2, 0.25) is 4.84 Å². The third-order valence-corrected chi connectivity index (χ3v) is 3.69. The van der Waals surface area contributed by atoms with Crippen molar-refractivity contribution < 1.29 is 19.1 Å². The standard InChI is InChI=1S/C12H14Cl2O4/c13-10(14)12(16)18-4-3-17-11(15)9-6-7-1-2-8(9)5-7/h1-2,7-10H,3-6H2. The molecule has 2 rings (SSSR count). The molecule has 0 radical (unpaired) electrons. The molecule has 4 nitrogen and oxygen atoms in total. The number of carbonyl (C=O) groups excluding carboxylic acids is 2. The first-order valence-corrected chi connectivity index (χ1v) is 6.75. The molecule has 0 aromatic heterocycles. The second-order valence-corrected chi connectivity index (χ2v) is 5.62. The Bertz CT molecular complexity index is 367. The van der Waals surface area contributed by atoms with E-state index in [4.69, 9.17) is 27.9 Å². The largest absolute Gasteiger partial charge is 0.462 e. The average molecular weight is 293 g/mol. The molecule has 0 saturated heterocycles. The molecule has 3 atom stereocenters. The summed E-state index contributed by atoms with van der Waals surface area (Å²) in [6.45, 7) is 0.0276. The van der Waals surface area contributed by atoms with Gasteiger partial charge in [-0.15, -0.1) is 0 Å². The van der Waals surface area contributed by atoms with E-state index in [1.54, 1.807) is 0 Å². The van der Waals surface area contributed by atoms with Crippen LogP contribution >= 0.6 is 23.2 Å². The summed E-state index contributed by atoms with van der Waals surface area (Å²) in [6, 6.07) is 0. The Morgan fingerprint density at radius 2 is 1.89 bits per heavy atom. The Balaban J connectivity index is 1.64. The molecule has 2 aliphatic carbocycles. The Hall–Kier alpha value is -0.740. The summed E-state index contributed by atoms with van der Waals surface area (Å²) in [5, 5.41) is 0. The van der Waals surface area contributed by atoms with Crippen molar-refractivity contribution >= 4 is 35.1 Å². The number of rotatable bonds is 5. The van der Waals surface area contributed by atoms with Gasteiger partial charge >= 0.3 is 11.9 Å². The van der Waals surface area contributed by atoms with Crippen molar-refractivity contribution in [1.29, 1.82) is 0 Å². The van der Waals surface area contributed by atoms with E-state index >= 15 is 0 Å². The first-order valence-electron chi connectivity index (χ1n) is 5.87. The van der Waals surface area contributed by atoms with E-state index < -0.39 is 10.8 Å². The Morgan fingerprint density at radius 3 is 2.44 bits per heavy atom. The minimum atomic E-state index is -1.20. The molecule has 1 saturated carbocycles. The lowest BCUT2D eigenvalue weighted by Crippen LogP contribution is -2.24. The van der Waals surface area contributed by atoms with Crippen molar-refractivity contribution in [3.8, 4) is 0 Å². The summed E-state index contributed by atoms with van der Waals surface area (Å²) in [4.78, 5) is 21.5. The number of fused-ring (bicyclic) bond motifs is 2. The maximum atomic E-state index is 11.8.